The average molecular weight is 528 g/mol. The van der Waals surface area contributed by atoms with Crippen molar-refractivity contribution in [1.82, 2.24) is 9.29 Å². The maximum Gasteiger partial charge on any atom is 0.219 e. The van der Waals surface area contributed by atoms with Gasteiger partial charge in [0.15, 0.2) is 0 Å². The van der Waals surface area contributed by atoms with Gasteiger partial charge in [-0.3, -0.25) is 4.98 Å². The number of rotatable bonds is 8. The van der Waals surface area contributed by atoms with Crippen LogP contribution in [0.1, 0.15) is 28.3 Å². The summed E-state index contributed by atoms with van der Waals surface area (Å²) in [7, 11) is -1.38. The Balaban J connectivity index is 2.05. The summed E-state index contributed by atoms with van der Waals surface area (Å²) in [5, 5.41) is 29.2. The first-order valence-corrected chi connectivity index (χ1v) is 13.1. The maximum absolute atomic E-state index is 13.7. The van der Waals surface area contributed by atoms with E-state index in [4.69, 9.17) is 16.3 Å². The molecule has 188 valence electrons. The first-order valence-electron chi connectivity index (χ1n) is 11.2. The number of hydrogen-bond donors (Lipinski definition) is 2. The number of aromatic nitrogens is 1. The quantitative estimate of drug-likeness (QED) is 0.461. The number of halogens is 1. The number of benzene rings is 2. The van der Waals surface area contributed by atoms with E-state index in [0.717, 1.165) is 4.31 Å². The zero-order valence-corrected chi connectivity index (χ0v) is 21.3. The van der Waals surface area contributed by atoms with E-state index >= 15 is 0 Å². The van der Waals surface area contributed by atoms with Crippen LogP contribution < -0.4 is 4.74 Å². The molecule has 0 spiro atoms. The molecular formula is C26H26ClN3O5S. The Bertz CT molecular complexity index is 1380. The lowest BCUT2D eigenvalue weighted by molar-refractivity contribution is 0.0194. The second kappa shape index (κ2) is 10.2. The van der Waals surface area contributed by atoms with Crippen LogP contribution in [0.2, 0.25) is 5.02 Å². The molecule has 1 aliphatic rings. The van der Waals surface area contributed by atoms with E-state index in [1.54, 1.807) is 60.7 Å². The van der Waals surface area contributed by atoms with Crippen molar-refractivity contribution in [3.63, 3.8) is 0 Å². The Morgan fingerprint density at radius 2 is 1.86 bits per heavy atom. The van der Waals surface area contributed by atoms with Crippen molar-refractivity contribution < 1.29 is 23.4 Å². The zero-order valence-electron chi connectivity index (χ0n) is 19.7. The van der Waals surface area contributed by atoms with Crippen LogP contribution in [0.25, 0.3) is 0 Å². The van der Waals surface area contributed by atoms with Gasteiger partial charge in [-0.05, 0) is 23.3 Å². The number of sulfonamides is 1. The van der Waals surface area contributed by atoms with Gasteiger partial charge in [0.05, 0.1) is 35.1 Å². The Morgan fingerprint density at radius 1 is 1.19 bits per heavy atom. The van der Waals surface area contributed by atoms with Crippen molar-refractivity contribution in [3.8, 4) is 11.8 Å². The van der Waals surface area contributed by atoms with Crippen LogP contribution >= 0.6 is 11.6 Å². The van der Waals surface area contributed by atoms with Crippen LogP contribution in [-0.2, 0) is 22.0 Å². The van der Waals surface area contributed by atoms with Crippen molar-refractivity contribution in [2.24, 2.45) is 0 Å². The molecule has 10 heteroatoms. The summed E-state index contributed by atoms with van der Waals surface area (Å²) >= 11 is 6.19. The number of pyridine rings is 1. The van der Waals surface area contributed by atoms with Crippen molar-refractivity contribution in [1.29, 1.82) is 5.26 Å². The molecule has 0 bridgehead atoms. The molecule has 8 nitrogen and oxygen atoms in total. The summed E-state index contributed by atoms with van der Waals surface area (Å²) in [5.41, 5.74) is 0.815. The maximum atomic E-state index is 13.7. The normalized spacial score (nSPS) is 19.7. The lowest BCUT2D eigenvalue weighted by Gasteiger charge is -2.43. The molecule has 0 fully saturated rings. The van der Waals surface area contributed by atoms with E-state index in [1.807, 2.05) is 0 Å². The van der Waals surface area contributed by atoms with Crippen LogP contribution in [0.4, 0.5) is 0 Å². The summed E-state index contributed by atoms with van der Waals surface area (Å²) in [5.74, 6) is -0.596. The molecular weight excluding hydrogens is 502 g/mol. The molecule has 2 N–H and O–H groups in total. The van der Waals surface area contributed by atoms with E-state index in [9.17, 15) is 23.9 Å². The van der Waals surface area contributed by atoms with Gasteiger partial charge in [0.1, 0.15) is 16.6 Å². The van der Waals surface area contributed by atoms with Crippen LogP contribution in [0.3, 0.4) is 0 Å². The standard InChI is InChI=1S/C26H26ClN3O5S/c1-30(2)36(33,34)25(22(32)16-31)24(18-6-4-3-5-7-18)26(19-10-8-17(14-28)9-11-19)13-21-23(35-26)12-20(27)15-29-21/h3-12,15,22,24-25,31-32H,13,16H2,1-2H3/t22-,24+,25-,26-/m0/s1. The Labute approximate surface area is 215 Å². The fraction of sp³-hybridized carbons (Fsp3) is 0.308. The van der Waals surface area contributed by atoms with Crippen molar-refractivity contribution >= 4 is 21.6 Å². The number of ether oxygens (including phenoxy) is 1. The van der Waals surface area contributed by atoms with Gasteiger partial charge in [0, 0.05) is 38.7 Å². The average Bonchev–Trinajstić information content (AvgIpc) is 3.26. The molecule has 36 heavy (non-hydrogen) atoms. The summed E-state index contributed by atoms with van der Waals surface area (Å²) in [6.45, 7) is -0.776. The molecule has 3 aromatic rings. The van der Waals surface area contributed by atoms with Crippen LogP contribution in [-0.4, -0.2) is 60.0 Å². The van der Waals surface area contributed by atoms with Gasteiger partial charge in [0.25, 0.3) is 0 Å². The first kappa shape index (κ1) is 26.1. The molecule has 0 saturated heterocycles. The molecule has 0 amide bonds. The molecule has 0 saturated carbocycles. The molecule has 4 atom stereocenters. The molecule has 2 heterocycles. The monoisotopic (exact) mass is 527 g/mol. The number of nitrogens with zero attached hydrogens (tertiary/aromatic N) is 3. The smallest absolute Gasteiger partial charge is 0.219 e. The van der Waals surface area contributed by atoms with Crippen molar-refractivity contribution in [2.45, 2.75) is 29.3 Å². The van der Waals surface area contributed by atoms with Gasteiger partial charge < -0.3 is 14.9 Å². The molecule has 1 aliphatic heterocycles. The largest absolute Gasteiger partial charge is 0.479 e. The summed E-state index contributed by atoms with van der Waals surface area (Å²) < 4.78 is 35.1. The highest BCUT2D eigenvalue weighted by atomic mass is 35.5. The highest BCUT2D eigenvalue weighted by Gasteiger charge is 2.57. The van der Waals surface area contributed by atoms with Gasteiger partial charge in [-0.25, -0.2) is 12.7 Å². The van der Waals surface area contributed by atoms with E-state index in [-0.39, 0.29) is 6.42 Å². The fourth-order valence-corrected chi connectivity index (χ4v) is 6.66. The number of aliphatic hydroxyl groups excluding tert-OH is 2. The van der Waals surface area contributed by atoms with Gasteiger partial charge in [0.2, 0.25) is 10.0 Å². The second-order valence-electron chi connectivity index (χ2n) is 8.89. The number of fused-ring (bicyclic) bond motifs is 1. The first-order chi connectivity index (χ1) is 17.1. The van der Waals surface area contributed by atoms with Gasteiger partial charge in [-0.15, -0.1) is 0 Å². The van der Waals surface area contributed by atoms with Crippen LogP contribution in [0, 0.1) is 11.3 Å². The molecule has 0 radical (unpaired) electrons. The summed E-state index contributed by atoms with van der Waals surface area (Å²) in [6, 6.07) is 19.3. The van der Waals surface area contributed by atoms with Crippen molar-refractivity contribution in [3.05, 3.63) is 94.3 Å². The van der Waals surface area contributed by atoms with Gasteiger partial charge >= 0.3 is 0 Å². The minimum absolute atomic E-state index is 0.169. The van der Waals surface area contributed by atoms with Crippen LogP contribution in [0.15, 0.2) is 66.9 Å². The SMILES string of the molecule is CN(C)S(=O)(=O)[C@H]([C@@H](c1ccccc1)[C@@]1(c2ccc(C#N)cc2)Cc2ncc(Cl)cc2O1)[C@@H](O)CO. The third-order valence-corrected chi connectivity index (χ3v) is 9.03. The molecule has 1 aromatic heterocycles. The van der Waals surface area contributed by atoms with Gasteiger partial charge in [-0.2, -0.15) is 5.26 Å². The summed E-state index contributed by atoms with van der Waals surface area (Å²) in [6.07, 6.45) is 0.0386. The summed E-state index contributed by atoms with van der Waals surface area (Å²) in [4.78, 5) is 4.43. The lowest BCUT2D eigenvalue weighted by Crippen LogP contribution is -2.54. The van der Waals surface area contributed by atoms with E-state index in [2.05, 4.69) is 11.1 Å². The minimum atomic E-state index is -4.15. The van der Waals surface area contributed by atoms with E-state index < -0.39 is 39.5 Å². The predicted molar refractivity (Wildman–Crippen MR) is 135 cm³/mol. The minimum Gasteiger partial charge on any atom is -0.479 e. The topological polar surface area (TPSA) is 124 Å². The molecule has 0 aliphatic carbocycles. The predicted octanol–water partition coefficient (Wildman–Crippen LogP) is 2.83. The third kappa shape index (κ3) is 4.59. The van der Waals surface area contributed by atoms with E-state index in [0.29, 0.717) is 33.2 Å². The second-order valence-corrected chi connectivity index (χ2v) is 11.6. The highest BCUT2D eigenvalue weighted by molar-refractivity contribution is 7.89. The molecule has 0 unspecified atom stereocenters. The fourth-order valence-electron chi connectivity index (χ4n) is 4.82. The Morgan fingerprint density at radius 3 is 2.44 bits per heavy atom. The van der Waals surface area contributed by atoms with Crippen LogP contribution in [0.5, 0.6) is 5.75 Å². The third-order valence-electron chi connectivity index (χ3n) is 6.53. The lowest BCUT2D eigenvalue weighted by atomic mass is 9.72. The zero-order chi connectivity index (χ0) is 26.1. The number of hydrogen-bond acceptors (Lipinski definition) is 7. The molecule has 4 rings (SSSR count). The Kier molecular flexibility index (Phi) is 7.36. The highest BCUT2D eigenvalue weighted by Crippen LogP contribution is 2.52. The van der Waals surface area contributed by atoms with Crippen molar-refractivity contribution in [2.75, 3.05) is 20.7 Å². The Hall–Kier alpha value is -3.00. The van der Waals surface area contributed by atoms with Gasteiger partial charge in [-0.1, -0.05) is 54.1 Å². The van der Waals surface area contributed by atoms with E-state index in [1.165, 1.54) is 20.3 Å². The molecule has 2 aromatic carbocycles. The number of aliphatic hydroxyl groups is 2. The number of nitriles is 1.